The molecule has 0 bridgehead atoms. The van der Waals surface area contributed by atoms with Crippen LogP contribution in [-0.4, -0.2) is 29.1 Å². The number of nitrogens with zero attached hydrogens (tertiary/aromatic N) is 2. The summed E-state index contributed by atoms with van der Waals surface area (Å²) in [5.74, 6) is 0.688. The van der Waals surface area contributed by atoms with Gasteiger partial charge in [-0.05, 0) is 44.4 Å². The molecule has 1 saturated heterocycles. The van der Waals surface area contributed by atoms with Gasteiger partial charge in [-0.3, -0.25) is 9.69 Å². The smallest absolute Gasteiger partial charge is 0.221 e. The lowest BCUT2D eigenvalue weighted by Crippen LogP contribution is -2.40. The molecule has 1 fully saturated rings. The number of carbonyl (C=O) groups excluding carboxylic acids is 1. The van der Waals surface area contributed by atoms with Gasteiger partial charge in [0, 0.05) is 31.7 Å². The van der Waals surface area contributed by atoms with Crippen LogP contribution in [0.5, 0.6) is 0 Å². The molecule has 3 rings (SSSR count). The molecular formula is C20H28N4O2. The third kappa shape index (κ3) is 4.71. The molecule has 1 aliphatic heterocycles. The van der Waals surface area contributed by atoms with E-state index in [-0.39, 0.29) is 11.8 Å². The van der Waals surface area contributed by atoms with E-state index in [4.69, 9.17) is 10.3 Å². The number of aromatic nitrogens is 1. The predicted molar refractivity (Wildman–Crippen MR) is 100 cm³/mol. The van der Waals surface area contributed by atoms with Gasteiger partial charge in [-0.2, -0.15) is 0 Å². The Kier molecular flexibility index (Phi) is 6.06. The van der Waals surface area contributed by atoms with Gasteiger partial charge in [0.15, 0.2) is 0 Å². The molecule has 3 N–H and O–H groups in total. The lowest BCUT2D eigenvalue weighted by Gasteiger charge is -2.31. The van der Waals surface area contributed by atoms with Crippen LogP contribution in [0.4, 0.5) is 0 Å². The minimum atomic E-state index is -0.174. The Hall–Kier alpha value is -2.18. The van der Waals surface area contributed by atoms with Gasteiger partial charge in [0.1, 0.15) is 5.76 Å². The molecule has 6 nitrogen and oxygen atoms in total. The van der Waals surface area contributed by atoms with Crippen LogP contribution in [0.15, 0.2) is 28.8 Å². The molecule has 140 valence electrons. The molecule has 26 heavy (non-hydrogen) atoms. The number of hydrogen-bond acceptors (Lipinski definition) is 5. The minimum absolute atomic E-state index is 0.0105. The molecule has 0 saturated carbocycles. The van der Waals surface area contributed by atoms with E-state index in [0.717, 1.165) is 62.6 Å². The highest BCUT2D eigenvalue weighted by Gasteiger charge is 2.23. The van der Waals surface area contributed by atoms with Crippen molar-refractivity contribution in [3.63, 3.8) is 0 Å². The Morgan fingerprint density at radius 2 is 2.15 bits per heavy atom. The number of nitrogens with two attached hydrogens (primary N) is 1. The van der Waals surface area contributed by atoms with E-state index in [1.807, 2.05) is 13.8 Å². The minimum Gasteiger partial charge on any atom is -0.369 e. The van der Waals surface area contributed by atoms with Gasteiger partial charge in [-0.25, -0.2) is 0 Å². The van der Waals surface area contributed by atoms with Crippen molar-refractivity contribution in [3.8, 4) is 0 Å². The SMILES string of the molecule is Cc1noc(C)c1CNCc1cccc(CN2CCCC(C(N)=O)C2)c1. The first-order valence-corrected chi connectivity index (χ1v) is 9.25. The van der Waals surface area contributed by atoms with Gasteiger partial charge in [0.2, 0.25) is 5.91 Å². The summed E-state index contributed by atoms with van der Waals surface area (Å²) in [5.41, 5.74) is 10.1. The second kappa shape index (κ2) is 8.47. The van der Waals surface area contributed by atoms with Crippen molar-refractivity contribution in [2.24, 2.45) is 11.7 Å². The first kappa shape index (κ1) is 18.6. The molecular weight excluding hydrogens is 328 g/mol. The van der Waals surface area contributed by atoms with E-state index in [1.165, 1.54) is 11.1 Å². The second-order valence-electron chi connectivity index (χ2n) is 7.20. The summed E-state index contributed by atoms with van der Waals surface area (Å²) >= 11 is 0. The Balaban J connectivity index is 1.54. The molecule has 1 aromatic carbocycles. The lowest BCUT2D eigenvalue weighted by molar-refractivity contribution is -0.123. The van der Waals surface area contributed by atoms with E-state index in [2.05, 4.69) is 39.6 Å². The number of benzene rings is 1. The maximum atomic E-state index is 11.4. The Morgan fingerprint density at radius 1 is 1.35 bits per heavy atom. The molecule has 0 spiro atoms. The Labute approximate surface area is 154 Å². The Bertz CT molecular complexity index is 737. The Morgan fingerprint density at radius 3 is 2.88 bits per heavy atom. The number of likely N-dealkylation sites (tertiary alicyclic amines) is 1. The van der Waals surface area contributed by atoms with Crippen LogP contribution in [-0.2, 0) is 24.4 Å². The average Bonchev–Trinajstić information content (AvgIpc) is 2.94. The number of rotatable bonds is 7. The van der Waals surface area contributed by atoms with Gasteiger partial charge in [-0.1, -0.05) is 29.4 Å². The monoisotopic (exact) mass is 356 g/mol. The van der Waals surface area contributed by atoms with Crippen molar-refractivity contribution in [1.29, 1.82) is 0 Å². The number of aryl methyl sites for hydroxylation is 2. The number of carbonyl (C=O) groups is 1. The number of piperidine rings is 1. The van der Waals surface area contributed by atoms with E-state index in [1.54, 1.807) is 0 Å². The van der Waals surface area contributed by atoms with Crippen molar-refractivity contribution < 1.29 is 9.32 Å². The first-order chi connectivity index (χ1) is 12.5. The summed E-state index contributed by atoms with van der Waals surface area (Å²) in [7, 11) is 0. The van der Waals surface area contributed by atoms with Crippen LogP contribution in [0.3, 0.4) is 0 Å². The molecule has 2 aromatic rings. The maximum absolute atomic E-state index is 11.4. The van der Waals surface area contributed by atoms with Crippen molar-refractivity contribution in [3.05, 3.63) is 52.4 Å². The maximum Gasteiger partial charge on any atom is 0.221 e. The fourth-order valence-corrected chi connectivity index (χ4v) is 3.61. The standard InChI is InChI=1S/C20H28N4O2/c1-14-19(15(2)26-23-14)11-22-10-16-5-3-6-17(9-16)12-24-8-4-7-18(13-24)20(21)25/h3,5-6,9,18,22H,4,7-8,10-13H2,1-2H3,(H2,21,25). The van der Waals surface area contributed by atoms with Gasteiger partial charge < -0.3 is 15.6 Å². The summed E-state index contributed by atoms with van der Waals surface area (Å²) in [5, 5.41) is 7.45. The molecule has 1 unspecified atom stereocenters. The summed E-state index contributed by atoms with van der Waals surface area (Å²) in [6.45, 7) is 8.10. The molecule has 1 aromatic heterocycles. The fraction of sp³-hybridized carbons (Fsp3) is 0.500. The van der Waals surface area contributed by atoms with Crippen LogP contribution in [0.1, 0.15) is 41.0 Å². The van der Waals surface area contributed by atoms with E-state index >= 15 is 0 Å². The van der Waals surface area contributed by atoms with E-state index < -0.39 is 0 Å². The third-order valence-electron chi connectivity index (χ3n) is 5.12. The molecule has 0 radical (unpaired) electrons. The first-order valence-electron chi connectivity index (χ1n) is 9.25. The van der Waals surface area contributed by atoms with Crippen LogP contribution >= 0.6 is 0 Å². The highest BCUT2D eigenvalue weighted by Crippen LogP contribution is 2.19. The largest absolute Gasteiger partial charge is 0.369 e. The zero-order chi connectivity index (χ0) is 18.5. The molecule has 2 heterocycles. The molecule has 1 aliphatic rings. The van der Waals surface area contributed by atoms with Gasteiger partial charge in [0.05, 0.1) is 11.6 Å². The average molecular weight is 356 g/mol. The fourth-order valence-electron chi connectivity index (χ4n) is 3.61. The van der Waals surface area contributed by atoms with Crippen molar-refractivity contribution in [1.82, 2.24) is 15.4 Å². The second-order valence-corrected chi connectivity index (χ2v) is 7.20. The summed E-state index contributed by atoms with van der Waals surface area (Å²) in [6, 6.07) is 8.60. The highest BCUT2D eigenvalue weighted by molar-refractivity contribution is 5.76. The molecule has 6 heteroatoms. The number of hydrogen-bond donors (Lipinski definition) is 2. The van der Waals surface area contributed by atoms with Gasteiger partial charge in [-0.15, -0.1) is 0 Å². The van der Waals surface area contributed by atoms with Crippen LogP contribution in [0.25, 0.3) is 0 Å². The van der Waals surface area contributed by atoms with E-state index in [9.17, 15) is 4.79 Å². The molecule has 0 aliphatic carbocycles. The summed E-state index contributed by atoms with van der Waals surface area (Å²) in [4.78, 5) is 13.8. The third-order valence-corrected chi connectivity index (χ3v) is 5.12. The van der Waals surface area contributed by atoms with Crippen molar-refractivity contribution >= 4 is 5.91 Å². The zero-order valence-corrected chi connectivity index (χ0v) is 15.6. The zero-order valence-electron chi connectivity index (χ0n) is 15.6. The van der Waals surface area contributed by atoms with E-state index in [0.29, 0.717) is 0 Å². The number of nitrogens with one attached hydrogen (secondary N) is 1. The van der Waals surface area contributed by atoms with Crippen LogP contribution in [0.2, 0.25) is 0 Å². The van der Waals surface area contributed by atoms with Crippen molar-refractivity contribution in [2.75, 3.05) is 13.1 Å². The summed E-state index contributed by atoms with van der Waals surface area (Å²) < 4.78 is 5.20. The number of amides is 1. The van der Waals surface area contributed by atoms with Crippen molar-refractivity contribution in [2.45, 2.75) is 46.3 Å². The molecule has 1 amide bonds. The normalized spacial score (nSPS) is 18.2. The molecule has 1 atom stereocenters. The predicted octanol–water partition coefficient (Wildman–Crippen LogP) is 2.28. The topological polar surface area (TPSA) is 84.4 Å². The van der Waals surface area contributed by atoms with Gasteiger partial charge in [0.25, 0.3) is 0 Å². The van der Waals surface area contributed by atoms with Gasteiger partial charge >= 0.3 is 0 Å². The summed E-state index contributed by atoms with van der Waals surface area (Å²) in [6.07, 6.45) is 1.95. The number of primary amides is 1. The van der Waals surface area contributed by atoms with Crippen LogP contribution in [0, 0.1) is 19.8 Å². The van der Waals surface area contributed by atoms with Crippen LogP contribution < -0.4 is 11.1 Å². The quantitative estimate of drug-likeness (QED) is 0.795. The highest BCUT2D eigenvalue weighted by atomic mass is 16.5. The lowest BCUT2D eigenvalue weighted by atomic mass is 9.97.